The maximum absolute atomic E-state index is 13.1. The van der Waals surface area contributed by atoms with E-state index in [1.54, 1.807) is 29.2 Å². The van der Waals surface area contributed by atoms with Gasteiger partial charge in [0, 0.05) is 41.0 Å². The van der Waals surface area contributed by atoms with Gasteiger partial charge in [0.1, 0.15) is 11.4 Å². The van der Waals surface area contributed by atoms with Crippen molar-refractivity contribution in [2.24, 2.45) is 0 Å². The molecular weight excluding hydrogens is 538 g/mol. The first-order valence-electron chi connectivity index (χ1n) is 13.8. The van der Waals surface area contributed by atoms with Crippen molar-refractivity contribution < 1.29 is 23.8 Å². The molecule has 8 nitrogen and oxygen atoms in total. The van der Waals surface area contributed by atoms with Crippen LogP contribution in [0.5, 0.6) is 5.75 Å². The number of aromatic nitrogens is 2. The van der Waals surface area contributed by atoms with Crippen LogP contribution >= 0.6 is 11.3 Å². The zero-order valence-electron chi connectivity index (χ0n) is 24.5. The van der Waals surface area contributed by atoms with Crippen molar-refractivity contribution in [2.45, 2.75) is 64.6 Å². The van der Waals surface area contributed by atoms with Crippen LogP contribution in [0, 0.1) is 6.92 Å². The Hall–Kier alpha value is -3.69. The highest BCUT2D eigenvalue weighted by Crippen LogP contribution is 2.42. The van der Waals surface area contributed by atoms with Crippen molar-refractivity contribution >= 4 is 34.3 Å². The van der Waals surface area contributed by atoms with Gasteiger partial charge in [0.25, 0.3) is 0 Å². The van der Waals surface area contributed by atoms with Gasteiger partial charge in [-0.05, 0) is 82.5 Å². The molecule has 5 rings (SSSR count). The van der Waals surface area contributed by atoms with Gasteiger partial charge in [-0.3, -0.25) is 9.47 Å². The zero-order chi connectivity index (χ0) is 29.3. The van der Waals surface area contributed by atoms with E-state index in [-0.39, 0.29) is 12.0 Å². The summed E-state index contributed by atoms with van der Waals surface area (Å²) in [5.74, 6) is 0.785. The van der Waals surface area contributed by atoms with Crippen molar-refractivity contribution in [1.29, 1.82) is 0 Å². The Morgan fingerprint density at radius 3 is 2.51 bits per heavy atom. The Morgan fingerprint density at radius 1 is 1.12 bits per heavy atom. The summed E-state index contributed by atoms with van der Waals surface area (Å²) in [4.78, 5) is 32.2. The van der Waals surface area contributed by atoms with Crippen LogP contribution in [0.25, 0.3) is 10.9 Å². The highest BCUT2D eigenvalue weighted by atomic mass is 32.1. The lowest BCUT2D eigenvalue weighted by Gasteiger charge is -2.40. The quantitative estimate of drug-likeness (QED) is 0.227. The molecule has 2 aromatic heterocycles. The number of methoxy groups -OCH3 is 2. The van der Waals surface area contributed by atoms with Gasteiger partial charge in [-0.2, -0.15) is 0 Å². The number of aryl methyl sites for hydroxylation is 1. The molecule has 3 heterocycles. The third kappa shape index (κ3) is 6.01. The SMILES string of the molecule is COC(=O)c1ccc([C@@H]2CC(c3cscn3)CCN2Cc2c(OC)cc(C)c3c2ccn3C(=O)OC(C)(C)C)cc1. The summed E-state index contributed by atoms with van der Waals surface area (Å²) in [5, 5.41) is 3.11. The molecule has 0 radical (unpaired) electrons. The molecule has 0 aliphatic carbocycles. The topological polar surface area (TPSA) is 82.9 Å². The van der Waals surface area contributed by atoms with Crippen LogP contribution in [0.15, 0.2) is 53.5 Å². The van der Waals surface area contributed by atoms with E-state index in [1.165, 1.54) is 7.11 Å². The molecule has 41 heavy (non-hydrogen) atoms. The number of fused-ring (bicyclic) bond motifs is 1. The first kappa shape index (κ1) is 28.8. The fourth-order valence-electron chi connectivity index (χ4n) is 5.78. The Kier molecular flexibility index (Phi) is 8.20. The van der Waals surface area contributed by atoms with Crippen molar-refractivity contribution in [3.8, 4) is 5.75 Å². The number of likely N-dealkylation sites (tertiary alicyclic amines) is 1. The summed E-state index contributed by atoms with van der Waals surface area (Å²) in [6.07, 6.45) is 3.26. The molecule has 1 unspecified atom stereocenters. The van der Waals surface area contributed by atoms with Gasteiger partial charge in [-0.15, -0.1) is 11.3 Å². The lowest BCUT2D eigenvalue weighted by atomic mass is 9.85. The van der Waals surface area contributed by atoms with Gasteiger partial charge >= 0.3 is 12.1 Å². The van der Waals surface area contributed by atoms with E-state index in [0.29, 0.717) is 18.0 Å². The minimum Gasteiger partial charge on any atom is -0.496 e. The van der Waals surface area contributed by atoms with E-state index < -0.39 is 11.7 Å². The van der Waals surface area contributed by atoms with E-state index >= 15 is 0 Å². The molecule has 0 amide bonds. The van der Waals surface area contributed by atoms with Gasteiger partial charge < -0.3 is 14.2 Å². The molecule has 0 N–H and O–H groups in total. The number of benzene rings is 2. The number of carbonyl (C=O) groups excluding carboxylic acids is 2. The Bertz CT molecular complexity index is 1540. The maximum Gasteiger partial charge on any atom is 0.419 e. The summed E-state index contributed by atoms with van der Waals surface area (Å²) in [6, 6.07) is 11.8. The normalized spacial score (nSPS) is 17.9. The number of hydrogen-bond acceptors (Lipinski definition) is 8. The lowest BCUT2D eigenvalue weighted by molar-refractivity contribution is 0.0542. The summed E-state index contributed by atoms with van der Waals surface area (Å²) in [5.41, 5.74) is 6.88. The van der Waals surface area contributed by atoms with Crippen molar-refractivity contribution in [3.63, 3.8) is 0 Å². The summed E-state index contributed by atoms with van der Waals surface area (Å²) >= 11 is 1.62. The fourth-order valence-corrected chi connectivity index (χ4v) is 6.41. The highest BCUT2D eigenvalue weighted by molar-refractivity contribution is 7.07. The minimum absolute atomic E-state index is 0.0937. The van der Waals surface area contributed by atoms with E-state index in [9.17, 15) is 9.59 Å². The van der Waals surface area contributed by atoms with Crippen molar-refractivity contribution in [2.75, 3.05) is 20.8 Å². The number of hydrogen-bond donors (Lipinski definition) is 0. The first-order chi connectivity index (χ1) is 19.6. The number of rotatable bonds is 6. The molecule has 2 atom stereocenters. The van der Waals surface area contributed by atoms with Crippen molar-refractivity contribution in [1.82, 2.24) is 14.5 Å². The van der Waals surface area contributed by atoms with Gasteiger partial charge in [0.2, 0.25) is 0 Å². The van der Waals surface area contributed by atoms with Crippen LogP contribution in [0.1, 0.15) is 78.3 Å². The molecular formula is C32H37N3O5S. The number of carbonyl (C=O) groups is 2. The molecule has 216 valence electrons. The molecule has 0 spiro atoms. The smallest absolute Gasteiger partial charge is 0.419 e. The van der Waals surface area contributed by atoms with Crippen LogP contribution in [-0.4, -0.2) is 52.9 Å². The zero-order valence-corrected chi connectivity index (χ0v) is 25.3. The molecule has 1 aliphatic heterocycles. The third-order valence-electron chi connectivity index (χ3n) is 7.70. The molecule has 1 saturated heterocycles. The molecule has 1 fully saturated rings. The number of thiazole rings is 1. The average molecular weight is 576 g/mol. The highest BCUT2D eigenvalue weighted by Gasteiger charge is 2.33. The van der Waals surface area contributed by atoms with E-state index in [2.05, 4.69) is 15.3 Å². The van der Waals surface area contributed by atoms with Crippen molar-refractivity contribution in [3.05, 3.63) is 81.4 Å². The molecule has 0 bridgehead atoms. The average Bonchev–Trinajstić information content (AvgIpc) is 3.65. The summed E-state index contributed by atoms with van der Waals surface area (Å²) in [7, 11) is 3.08. The summed E-state index contributed by atoms with van der Waals surface area (Å²) < 4.78 is 18.1. The van der Waals surface area contributed by atoms with Gasteiger partial charge in [0.15, 0.2) is 0 Å². The van der Waals surface area contributed by atoms with Crippen LogP contribution in [0.3, 0.4) is 0 Å². The van der Waals surface area contributed by atoms with Gasteiger partial charge in [0.05, 0.1) is 36.5 Å². The second-order valence-corrected chi connectivity index (χ2v) is 12.3. The van der Waals surface area contributed by atoms with Gasteiger partial charge in [-0.1, -0.05) is 12.1 Å². The monoisotopic (exact) mass is 575 g/mol. The molecule has 9 heteroatoms. The fraction of sp³-hybridized carbons (Fsp3) is 0.406. The number of ether oxygens (including phenoxy) is 3. The number of esters is 1. The summed E-state index contributed by atoms with van der Waals surface area (Å²) in [6.45, 7) is 9.07. The second kappa shape index (κ2) is 11.7. The maximum atomic E-state index is 13.1. The Balaban J connectivity index is 1.53. The van der Waals surface area contributed by atoms with Crippen LogP contribution in [0.2, 0.25) is 0 Å². The molecule has 0 saturated carbocycles. The second-order valence-electron chi connectivity index (χ2n) is 11.5. The number of nitrogens with zero attached hydrogens (tertiary/aromatic N) is 3. The predicted octanol–water partition coefficient (Wildman–Crippen LogP) is 7.11. The standard InChI is InChI=1S/C32H37N3O5S/c1-20-15-28(38-5)25(24-12-14-35(29(20)24)31(37)40-32(2,3)4)17-34-13-11-23(26-18-41-19-33-26)16-27(34)21-7-9-22(10-8-21)30(36)39-6/h7-10,12,14-15,18-19,23,27H,11,13,16-17H2,1-6H3/t23?,27-/m0/s1. The van der Waals surface area contributed by atoms with Crippen LogP contribution in [0.4, 0.5) is 4.79 Å². The minimum atomic E-state index is -0.602. The third-order valence-corrected chi connectivity index (χ3v) is 8.31. The predicted molar refractivity (Wildman–Crippen MR) is 160 cm³/mol. The van der Waals surface area contributed by atoms with Crippen LogP contribution < -0.4 is 4.74 Å². The first-order valence-corrected chi connectivity index (χ1v) is 14.7. The lowest BCUT2D eigenvalue weighted by Crippen LogP contribution is -2.36. The molecule has 1 aliphatic rings. The van der Waals surface area contributed by atoms with E-state index in [0.717, 1.165) is 58.4 Å². The Morgan fingerprint density at radius 2 is 1.88 bits per heavy atom. The van der Waals surface area contributed by atoms with E-state index in [1.807, 2.05) is 69.6 Å². The van der Waals surface area contributed by atoms with E-state index in [4.69, 9.17) is 14.2 Å². The molecule has 2 aromatic carbocycles. The van der Waals surface area contributed by atoms with Crippen LogP contribution in [-0.2, 0) is 16.0 Å². The largest absolute Gasteiger partial charge is 0.496 e. The van der Waals surface area contributed by atoms with Gasteiger partial charge in [-0.25, -0.2) is 14.6 Å². The Labute approximate surface area is 244 Å². The number of piperidine rings is 1. The molecule has 4 aromatic rings.